The normalized spacial score (nSPS) is 12.4. The summed E-state index contributed by atoms with van der Waals surface area (Å²) in [7, 11) is 0. The molecule has 2 aromatic rings. The highest BCUT2D eigenvalue weighted by molar-refractivity contribution is 5.95. The van der Waals surface area contributed by atoms with E-state index in [0.717, 1.165) is 5.82 Å². The van der Waals surface area contributed by atoms with Crippen molar-refractivity contribution in [1.29, 1.82) is 0 Å². The minimum atomic E-state index is -0.514. The van der Waals surface area contributed by atoms with Crippen LogP contribution < -0.4 is 5.32 Å². The molecular weight excluding hydrogens is 280 g/mol. The van der Waals surface area contributed by atoms with E-state index in [9.17, 15) is 4.79 Å². The summed E-state index contributed by atoms with van der Waals surface area (Å²) in [5.41, 5.74) is 0.633. The van der Waals surface area contributed by atoms with E-state index in [1.54, 1.807) is 25.4 Å². The maximum atomic E-state index is 12.2. The second kappa shape index (κ2) is 7.17. The van der Waals surface area contributed by atoms with Crippen molar-refractivity contribution in [3.8, 4) is 5.82 Å². The molecule has 0 bridgehead atoms. The van der Waals surface area contributed by atoms with Crippen LogP contribution in [0.3, 0.4) is 0 Å². The van der Waals surface area contributed by atoms with Crippen LogP contribution in [0.25, 0.3) is 5.82 Å². The van der Waals surface area contributed by atoms with Crippen molar-refractivity contribution >= 4 is 11.6 Å². The largest absolute Gasteiger partial charge is 0.368 e. The minimum Gasteiger partial charge on any atom is -0.368 e. The Labute approximate surface area is 130 Å². The van der Waals surface area contributed by atoms with Crippen molar-refractivity contribution in [3.63, 3.8) is 0 Å². The summed E-state index contributed by atoms with van der Waals surface area (Å²) >= 11 is 0. The Kier molecular flexibility index (Phi) is 5.27. The number of nitrogens with one attached hydrogen (secondary N) is 1. The van der Waals surface area contributed by atoms with E-state index in [0.29, 0.717) is 24.0 Å². The van der Waals surface area contributed by atoms with Crippen LogP contribution in [0, 0.1) is 12.8 Å². The first-order valence-corrected chi connectivity index (χ1v) is 7.37. The van der Waals surface area contributed by atoms with Crippen molar-refractivity contribution in [2.45, 2.75) is 33.8 Å². The van der Waals surface area contributed by atoms with Gasteiger partial charge in [0.05, 0.1) is 5.69 Å². The van der Waals surface area contributed by atoms with Gasteiger partial charge in [0, 0.05) is 25.2 Å². The van der Waals surface area contributed by atoms with E-state index in [1.165, 1.54) is 0 Å². The van der Waals surface area contributed by atoms with E-state index >= 15 is 0 Å². The fourth-order valence-electron chi connectivity index (χ4n) is 1.94. The highest BCUT2D eigenvalue weighted by Crippen LogP contribution is 2.19. The standard InChI is InChI=1S/C16H22N4O2/c1-11(2)10-22-12(3)16(21)19-14-6-5-7-18-15(14)20-9-8-17-13(20)4/h5-9,11-12H,10H2,1-4H3,(H,19,21). The molecule has 0 aliphatic carbocycles. The zero-order chi connectivity index (χ0) is 16.1. The zero-order valence-electron chi connectivity index (χ0n) is 13.4. The highest BCUT2D eigenvalue weighted by atomic mass is 16.5. The van der Waals surface area contributed by atoms with Crippen LogP contribution in [0.1, 0.15) is 26.6 Å². The summed E-state index contributed by atoms with van der Waals surface area (Å²) in [6, 6.07) is 3.60. The Balaban J connectivity index is 2.13. The third-order valence-electron chi connectivity index (χ3n) is 3.15. The number of rotatable bonds is 6. The van der Waals surface area contributed by atoms with Crippen LogP contribution in [-0.2, 0) is 9.53 Å². The van der Waals surface area contributed by atoms with E-state index in [2.05, 4.69) is 15.3 Å². The van der Waals surface area contributed by atoms with Crippen LogP contribution >= 0.6 is 0 Å². The second-order valence-electron chi connectivity index (χ2n) is 5.58. The van der Waals surface area contributed by atoms with Gasteiger partial charge in [0.25, 0.3) is 5.91 Å². The molecule has 0 aliphatic rings. The van der Waals surface area contributed by atoms with Crippen molar-refractivity contribution in [2.75, 3.05) is 11.9 Å². The van der Waals surface area contributed by atoms with Gasteiger partial charge in [-0.15, -0.1) is 0 Å². The first-order valence-electron chi connectivity index (χ1n) is 7.37. The Hall–Kier alpha value is -2.21. The summed E-state index contributed by atoms with van der Waals surface area (Å²) in [5.74, 6) is 1.64. The van der Waals surface area contributed by atoms with Gasteiger partial charge in [-0.25, -0.2) is 9.97 Å². The average Bonchev–Trinajstić information content (AvgIpc) is 2.91. The van der Waals surface area contributed by atoms with Gasteiger partial charge in [-0.05, 0) is 31.9 Å². The SMILES string of the molecule is Cc1nccn1-c1ncccc1NC(=O)C(C)OCC(C)C. The second-order valence-corrected chi connectivity index (χ2v) is 5.58. The molecule has 0 aliphatic heterocycles. The number of aryl methyl sites for hydroxylation is 1. The Morgan fingerprint density at radius 3 is 2.73 bits per heavy atom. The predicted molar refractivity (Wildman–Crippen MR) is 85.0 cm³/mol. The molecule has 1 amide bonds. The van der Waals surface area contributed by atoms with Gasteiger partial charge in [-0.2, -0.15) is 0 Å². The molecular formula is C16H22N4O2. The quantitative estimate of drug-likeness (QED) is 0.890. The zero-order valence-corrected chi connectivity index (χ0v) is 13.4. The molecule has 22 heavy (non-hydrogen) atoms. The molecule has 2 rings (SSSR count). The molecule has 0 fully saturated rings. The van der Waals surface area contributed by atoms with E-state index in [1.807, 2.05) is 37.6 Å². The number of carbonyl (C=O) groups excluding carboxylic acids is 1. The van der Waals surface area contributed by atoms with Crippen LogP contribution in [0.5, 0.6) is 0 Å². The monoisotopic (exact) mass is 302 g/mol. The molecule has 6 heteroatoms. The fraction of sp³-hybridized carbons (Fsp3) is 0.438. The summed E-state index contributed by atoms with van der Waals surface area (Å²) in [4.78, 5) is 20.8. The van der Waals surface area contributed by atoms with Gasteiger partial charge in [-0.3, -0.25) is 9.36 Å². The number of amides is 1. The van der Waals surface area contributed by atoms with E-state index in [-0.39, 0.29) is 5.91 Å². The Bertz CT molecular complexity index is 637. The first kappa shape index (κ1) is 16.2. The topological polar surface area (TPSA) is 69.0 Å². The van der Waals surface area contributed by atoms with Gasteiger partial charge in [0.2, 0.25) is 0 Å². The summed E-state index contributed by atoms with van der Waals surface area (Å²) in [6.45, 7) is 8.28. The van der Waals surface area contributed by atoms with E-state index in [4.69, 9.17) is 4.74 Å². The number of hydrogen-bond donors (Lipinski definition) is 1. The Morgan fingerprint density at radius 1 is 1.32 bits per heavy atom. The van der Waals surface area contributed by atoms with Crippen LogP contribution in [0.4, 0.5) is 5.69 Å². The van der Waals surface area contributed by atoms with Gasteiger partial charge < -0.3 is 10.1 Å². The molecule has 1 N–H and O–H groups in total. The van der Waals surface area contributed by atoms with Crippen molar-refractivity contribution in [3.05, 3.63) is 36.5 Å². The molecule has 2 aromatic heterocycles. The number of hydrogen-bond acceptors (Lipinski definition) is 4. The molecule has 0 saturated heterocycles. The lowest BCUT2D eigenvalue weighted by atomic mass is 10.2. The number of carbonyl (C=O) groups is 1. The Morgan fingerprint density at radius 2 is 2.09 bits per heavy atom. The molecule has 0 spiro atoms. The third kappa shape index (κ3) is 3.92. The number of imidazole rings is 1. The molecule has 118 valence electrons. The molecule has 0 saturated carbocycles. The first-order chi connectivity index (χ1) is 10.5. The molecule has 1 unspecified atom stereocenters. The van der Waals surface area contributed by atoms with Crippen LogP contribution in [-0.4, -0.2) is 33.2 Å². The lowest BCUT2D eigenvalue weighted by Gasteiger charge is -2.16. The maximum Gasteiger partial charge on any atom is 0.253 e. The number of anilines is 1. The molecule has 0 radical (unpaired) electrons. The third-order valence-corrected chi connectivity index (χ3v) is 3.15. The summed E-state index contributed by atoms with van der Waals surface area (Å²) < 4.78 is 7.37. The predicted octanol–water partition coefficient (Wildman–Crippen LogP) is 2.58. The van der Waals surface area contributed by atoms with Crippen molar-refractivity contribution in [2.24, 2.45) is 5.92 Å². The van der Waals surface area contributed by atoms with Crippen LogP contribution in [0.15, 0.2) is 30.7 Å². The fourth-order valence-corrected chi connectivity index (χ4v) is 1.94. The molecule has 1 atom stereocenters. The lowest BCUT2D eigenvalue weighted by molar-refractivity contribution is -0.126. The van der Waals surface area contributed by atoms with Crippen molar-refractivity contribution < 1.29 is 9.53 Å². The number of nitrogens with zero attached hydrogens (tertiary/aromatic N) is 3. The number of ether oxygens (including phenoxy) is 1. The van der Waals surface area contributed by atoms with Crippen LogP contribution in [0.2, 0.25) is 0 Å². The molecule has 2 heterocycles. The summed E-state index contributed by atoms with van der Waals surface area (Å²) in [6.07, 6.45) is 4.68. The van der Waals surface area contributed by atoms with Gasteiger partial charge in [-0.1, -0.05) is 13.8 Å². The maximum absolute atomic E-state index is 12.2. The number of aromatic nitrogens is 3. The van der Waals surface area contributed by atoms with Gasteiger partial charge in [0.15, 0.2) is 5.82 Å². The highest BCUT2D eigenvalue weighted by Gasteiger charge is 2.17. The summed E-state index contributed by atoms with van der Waals surface area (Å²) in [5, 5.41) is 2.87. The van der Waals surface area contributed by atoms with Gasteiger partial charge >= 0.3 is 0 Å². The number of pyridine rings is 1. The molecule has 6 nitrogen and oxygen atoms in total. The van der Waals surface area contributed by atoms with E-state index < -0.39 is 6.10 Å². The van der Waals surface area contributed by atoms with Gasteiger partial charge in [0.1, 0.15) is 11.9 Å². The van der Waals surface area contributed by atoms with Crippen molar-refractivity contribution in [1.82, 2.24) is 14.5 Å². The smallest absolute Gasteiger partial charge is 0.253 e. The average molecular weight is 302 g/mol. The minimum absolute atomic E-state index is 0.187. The molecule has 0 aromatic carbocycles. The lowest BCUT2D eigenvalue weighted by Crippen LogP contribution is -2.29.